The second kappa shape index (κ2) is 8.47. The summed E-state index contributed by atoms with van der Waals surface area (Å²) in [5, 5.41) is 9.83. The molecular formula is C19H29N7O. The van der Waals surface area contributed by atoms with Gasteiger partial charge < -0.3 is 21.7 Å². The maximum atomic E-state index is 12.4. The van der Waals surface area contributed by atoms with Crippen molar-refractivity contribution >= 4 is 28.7 Å². The highest BCUT2D eigenvalue weighted by atomic mass is 16.2. The molecule has 0 radical (unpaired) electrons. The maximum Gasteiger partial charge on any atom is 0.237 e. The van der Waals surface area contributed by atoms with Crippen LogP contribution in [0.4, 0.5) is 11.8 Å². The number of nitrogen functional groups attached to an aromatic ring is 1. The highest BCUT2D eigenvalue weighted by Gasteiger charge is 2.28. The number of amides is 1. The summed E-state index contributed by atoms with van der Waals surface area (Å²) >= 11 is 0. The van der Waals surface area contributed by atoms with Crippen LogP contribution in [-0.4, -0.2) is 45.5 Å². The zero-order valence-electron chi connectivity index (χ0n) is 16.1. The molecule has 1 amide bonds. The monoisotopic (exact) mass is 371 g/mol. The minimum absolute atomic E-state index is 0.0576. The predicted octanol–water partition coefficient (Wildman–Crippen LogP) is 1.84. The number of hydrogen-bond acceptors (Lipinski definition) is 7. The number of pyridine rings is 1. The molecule has 1 aliphatic heterocycles. The van der Waals surface area contributed by atoms with Crippen LogP contribution < -0.4 is 21.7 Å². The number of nitrogens with zero attached hydrogens (tertiary/aromatic N) is 3. The van der Waals surface area contributed by atoms with Gasteiger partial charge in [0.25, 0.3) is 0 Å². The van der Waals surface area contributed by atoms with Gasteiger partial charge in [0, 0.05) is 12.7 Å². The normalized spacial score (nSPS) is 19.0. The molecule has 2 aromatic heterocycles. The lowest BCUT2D eigenvalue weighted by Gasteiger charge is -2.32. The lowest BCUT2D eigenvalue weighted by molar-refractivity contribution is -0.123. The number of carbonyl (C=O) groups is 1. The Morgan fingerprint density at radius 1 is 1.44 bits per heavy atom. The fraction of sp³-hybridized carbons (Fsp3) is 0.579. The van der Waals surface area contributed by atoms with Crippen LogP contribution in [-0.2, 0) is 4.79 Å². The molecule has 27 heavy (non-hydrogen) atoms. The molecule has 3 heterocycles. The van der Waals surface area contributed by atoms with Gasteiger partial charge in [0.1, 0.15) is 5.52 Å². The van der Waals surface area contributed by atoms with E-state index in [2.05, 4.69) is 44.7 Å². The molecule has 0 bridgehead atoms. The molecule has 0 saturated carbocycles. The lowest BCUT2D eigenvalue weighted by Crippen LogP contribution is -2.50. The highest BCUT2D eigenvalue weighted by molar-refractivity contribution is 5.86. The summed E-state index contributed by atoms with van der Waals surface area (Å²) in [6, 6.07) is 3.60. The number of nitrogens with one attached hydrogen (secondary N) is 3. The standard InChI is InChI=1S/C19H29N7O/c1-3-4-9-19(2,12-23-17(27)14-8-6-10-21-14)26-16-15-13(7-5-11-22-15)24-18(20)25-16/h5,7,11,14,21H,3-4,6,8-10,12H2,1-2H3,(H,23,27)(H3,20,24,25,26)/t14-,19+/m0/s1. The molecule has 1 saturated heterocycles. The third-order valence-electron chi connectivity index (χ3n) is 5.00. The first-order valence-electron chi connectivity index (χ1n) is 9.68. The maximum absolute atomic E-state index is 12.4. The zero-order valence-corrected chi connectivity index (χ0v) is 16.1. The number of hydrogen-bond donors (Lipinski definition) is 4. The van der Waals surface area contributed by atoms with Gasteiger partial charge in [-0.05, 0) is 44.9 Å². The van der Waals surface area contributed by atoms with Crippen molar-refractivity contribution in [2.24, 2.45) is 0 Å². The van der Waals surface area contributed by atoms with Crippen molar-refractivity contribution in [2.45, 2.75) is 57.5 Å². The SMILES string of the molecule is CCCC[C@](C)(CNC(=O)[C@@H]1CCCN1)Nc1nc(N)nc2cccnc12. The predicted molar refractivity (Wildman–Crippen MR) is 107 cm³/mol. The average molecular weight is 371 g/mol. The van der Waals surface area contributed by atoms with Gasteiger partial charge in [-0.15, -0.1) is 0 Å². The van der Waals surface area contributed by atoms with E-state index in [1.807, 2.05) is 12.1 Å². The fourth-order valence-corrected chi connectivity index (χ4v) is 3.43. The van der Waals surface area contributed by atoms with Gasteiger partial charge in [0.05, 0.1) is 17.1 Å². The Morgan fingerprint density at radius 2 is 2.30 bits per heavy atom. The number of aromatic nitrogens is 3. The van der Waals surface area contributed by atoms with Gasteiger partial charge in [-0.25, -0.2) is 4.98 Å². The third kappa shape index (κ3) is 4.82. The number of fused-ring (bicyclic) bond motifs is 1. The van der Waals surface area contributed by atoms with Crippen molar-refractivity contribution in [1.82, 2.24) is 25.6 Å². The van der Waals surface area contributed by atoms with Crippen LogP contribution in [0, 0.1) is 0 Å². The van der Waals surface area contributed by atoms with Crippen LogP contribution in [0.25, 0.3) is 11.0 Å². The minimum Gasteiger partial charge on any atom is -0.368 e. The number of rotatable bonds is 8. The summed E-state index contributed by atoms with van der Waals surface area (Å²) in [6.07, 6.45) is 6.64. The van der Waals surface area contributed by atoms with Crippen molar-refractivity contribution < 1.29 is 4.79 Å². The summed E-state index contributed by atoms with van der Waals surface area (Å²) in [5.74, 6) is 0.863. The molecule has 1 fully saturated rings. The average Bonchev–Trinajstić information content (AvgIpc) is 3.19. The smallest absolute Gasteiger partial charge is 0.237 e. The van der Waals surface area contributed by atoms with E-state index >= 15 is 0 Å². The van der Waals surface area contributed by atoms with Crippen molar-refractivity contribution in [1.29, 1.82) is 0 Å². The summed E-state index contributed by atoms with van der Waals surface area (Å²) in [6.45, 7) is 5.66. The number of anilines is 2. The van der Waals surface area contributed by atoms with E-state index < -0.39 is 0 Å². The van der Waals surface area contributed by atoms with E-state index in [0.717, 1.165) is 38.6 Å². The van der Waals surface area contributed by atoms with Gasteiger partial charge >= 0.3 is 0 Å². The first-order chi connectivity index (χ1) is 13.0. The molecule has 0 unspecified atom stereocenters. The molecule has 146 valence electrons. The first kappa shape index (κ1) is 19.3. The molecular weight excluding hydrogens is 342 g/mol. The first-order valence-corrected chi connectivity index (χ1v) is 9.68. The van der Waals surface area contributed by atoms with E-state index in [9.17, 15) is 4.79 Å². The van der Waals surface area contributed by atoms with E-state index in [4.69, 9.17) is 5.73 Å². The van der Waals surface area contributed by atoms with Crippen LogP contribution in [0.3, 0.4) is 0 Å². The molecule has 2 aromatic rings. The topological polar surface area (TPSA) is 118 Å². The van der Waals surface area contributed by atoms with Gasteiger partial charge in [0.2, 0.25) is 11.9 Å². The highest BCUT2D eigenvalue weighted by Crippen LogP contribution is 2.25. The van der Waals surface area contributed by atoms with Gasteiger partial charge in [0.15, 0.2) is 5.82 Å². The molecule has 0 aliphatic carbocycles. The minimum atomic E-state index is -0.366. The zero-order chi connectivity index (χ0) is 19.3. The number of carbonyl (C=O) groups excluding carboxylic acids is 1. The van der Waals surface area contributed by atoms with Crippen LogP contribution in [0.1, 0.15) is 46.0 Å². The van der Waals surface area contributed by atoms with Crippen LogP contribution in [0.2, 0.25) is 0 Å². The Bertz CT molecular complexity index is 791. The Labute approximate surface area is 159 Å². The van der Waals surface area contributed by atoms with Crippen LogP contribution >= 0.6 is 0 Å². The summed E-state index contributed by atoms with van der Waals surface area (Å²) in [4.78, 5) is 25.4. The second-order valence-corrected chi connectivity index (χ2v) is 7.46. The summed E-state index contributed by atoms with van der Waals surface area (Å²) in [5.41, 5.74) is 6.89. The quantitative estimate of drug-likeness (QED) is 0.559. The van der Waals surface area contributed by atoms with E-state index in [1.54, 1.807) is 6.20 Å². The third-order valence-corrected chi connectivity index (χ3v) is 5.00. The lowest BCUT2D eigenvalue weighted by atomic mass is 9.94. The largest absolute Gasteiger partial charge is 0.368 e. The van der Waals surface area contributed by atoms with Crippen molar-refractivity contribution in [3.63, 3.8) is 0 Å². The summed E-state index contributed by atoms with van der Waals surface area (Å²) in [7, 11) is 0. The molecule has 8 heteroatoms. The Kier molecular flexibility index (Phi) is 6.05. The van der Waals surface area contributed by atoms with Gasteiger partial charge in [-0.1, -0.05) is 19.8 Å². The Hall–Kier alpha value is -2.48. The van der Waals surface area contributed by atoms with Crippen molar-refractivity contribution in [2.75, 3.05) is 24.1 Å². The fourth-order valence-electron chi connectivity index (χ4n) is 3.43. The Balaban J connectivity index is 1.78. The Morgan fingerprint density at radius 3 is 3.04 bits per heavy atom. The van der Waals surface area contributed by atoms with Gasteiger partial charge in [-0.3, -0.25) is 9.78 Å². The molecule has 0 spiro atoms. The second-order valence-electron chi connectivity index (χ2n) is 7.46. The van der Waals surface area contributed by atoms with E-state index in [1.165, 1.54) is 0 Å². The molecule has 1 aliphatic rings. The van der Waals surface area contributed by atoms with E-state index in [-0.39, 0.29) is 23.4 Å². The summed E-state index contributed by atoms with van der Waals surface area (Å²) < 4.78 is 0. The molecule has 3 rings (SSSR count). The van der Waals surface area contributed by atoms with Crippen LogP contribution in [0.15, 0.2) is 18.3 Å². The van der Waals surface area contributed by atoms with Gasteiger partial charge in [-0.2, -0.15) is 4.98 Å². The van der Waals surface area contributed by atoms with Crippen molar-refractivity contribution in [3.8, 4) is 0 Å². The van der Waals surface area contributed by atoms with Crippen molar-refractivity contribution in [3.05, 3.63) is 18.3 Å². The number of unbranched alkanes of at least 4 members (excludes halogenated alkanes) is 1. The van der Waals surface area contributed by atoms with Crippen LogP contribution in [0.5, 0.6) is 0 Å². The molecule has 2 atom stereocenters. The molecule has 5 N–H and O–H groups in total. The molecule has 8 nitrogen and oxygen atoms in total. The molecule has 0 aromatic carbocycles. The number of nitrogens with two attached hydrogens (primary N) is 1. The van der Waals surface area contributed by atoms with E-state index in [0.29, 0.717) is 23.4 Å².